The van der Waals surface area contributed by atoms with Gasteiger partial charge in [0.15, 0.2) is 5.13 Å². The summed E-state index contributed by atoms with van der Waals surface area (Å²) in [6.07, 6.45) is 0.346. The predicted octanol–water partition coefficient (Wildman–Crippen LogP) is 5.21. The van der Waals surface area contributed by atoms with Crippen LogP contribution in [0.2, 0.25) is 0 Å². The van der Waals surface area contributed by atoms with Crippen molar-refractivity contribution in [2.75, 3.05) is 5.32 Å². The van der Waals surface area contributed by atoms with Crippen LogP contribution in [0, 0.1) is 0 Å². The van der Waals surface area contributed by atoms with Gasteiger partial charge in [0.1, 0.15) is 0 Å². The minimum Gasteiger partial charge on any atom is -0.302 e. The SMILES string of the molecule is O=C(Cc1ccc2ccccc2c1)Nc1nc(-c2cccs2)cs1. The molecule has 0 fully saturated rings. The van der Waals surface area contributed by atoms with E-state index in [0.29, 0.717) is 11.6 Å². The highest BCUT2D eigenvalue weighted by atomic mass is 32.1. The zero-order valence-corrected chi connectivity index (χ0v) is 14.4. The Balaban J connectivity index is 1.46. The van der Waals surface area contributed by atoms with Gasteiger partial charge in [0, 0.05) is 5.38 Å². The molecule has 118 valence electrons. The predicted molar refractivity (Wildman–Crippen MR) is 102 cm³/mol. The van der Waals surface area contributed by atoms with Gasteiger partial charge in [-0.3, -0.25) is 4.79 Å². The molecule has 0 aliphatic carbocycles. The highest BCUT2D eigenvalue weighted by Gasteiger charge is 2.09. The highest BCUT2D eigenvalue weighted by Crippen LogP contribution is 2.28. The van der Waals surface area contributed by atoms with E-state index < -0.39 is 0 Å². The summed E-state index contributed by atoms with van der Waals surface area (Å²) >= 11 is 3.10. The van der Waals surface area contributed by atoms with E-state index in [1.165, 1.54) is 16.7 Å². The molecule has 1 N–H and O–H groups in total. The normalized spacial score (nSPS) is 10.8. The van der Waals surface area contributed by atoms with Crippen LogP contribution >= 0.6 is 22.7 Å². The third kappa shape index (κ3) is 3.22. The fraction of sp³-hybridized carbons (Fsp3) is 0.0526. The molecule has 0 saturated carbocycles. The maximum Gasteiger partial charge on any atom is 0.230 e. The molecule has 0 bridgehead atoms. The van der Waals surface area contributed by atoms with Crippen molar-refractivity contribution in [3.63, 3.8) is 0 Å². The second-order valence-corrected chi connectivity index (χ2v) is 7.23. The van der Waals surface area contributed by atoms with Crippen molar-refractivity contribution in [2.45, 2.75) is 6.42 Å². The number of benzene rings is 2. The molecule has 2 aromatic carbocycles. The molecule has 2 heterocycles. The smallest absolute Gasteiger partial charge is 0.230 e. The number of rotatable bonds is 4. The van der Waals surface area contributed by atoms with Gasteiger partial charge in [0.2, 0.25) is 5.91 Å². The summed E-state index contributed by atoms with van der Waals surface area (Å²) in [5, 5.41) is 9.86. The first-order chi connectivity index (χ1) is 11.8. The number of fused-ring (bicyclic) bond motifs is 1. The fourth-order valence-corrected chi connectivity index (χ4v) is 4.05. The van der Waals surface area contributed by atoms with Gasteiger partial charge in [-0.05, 0) is 27.8 Å². The van der Waals surface area contributed by atoms with E-state index in [2.05, 4.69) is 34.6 Å². The molecular formula is C19H14N2OS2. The molecule has 24 heavy (non-hydrogen) atoms. The number of carbonyl (C=O) groups excluding carboxylic acids is 1. The number of hydrogen-bond acceptors (Lipinski definition) is 4. The minimum absolute atomic E-state index is 0.0441. The molecule has 2 aromatic heterocycles. The molecule has 5 heteroatoms. The number of thiazole rings is 1. The Morgan fingerprint density at radius 1 is 1.00 bits per heavy atom. The maximum atomic E-state index is 12.3. The summed E-state index contributed by atoms with van der Waals surface area (Å²) in [6.45, 7) is 0. The van der Waals surface area contributed by atoms with E-state index in [4.69, 9.17) is 0 Å². The Kier molecular flexibility index (Phi) is 4.11. The molecule has 0 spiro atoms. The van der Waals surface area contributed by atoms with Gasteiger partial charge < -0.3 is 5.32 Å². The molecule has 4 aromatic rings. The molecular weight excluding hydrogens is 336 g/mol. The number of anilines is 1. The fourth-order valence-electron chi connectivity index (χ4n) is 2.57. The monoisotopic (exact) mass is 350 g/mol. The van der Waals surface area contributed by atoms with Crippen molar-refractivity contribution >= 4 is 44.5 Å². The minimum atomic E-state index is -0.0441. The molecule has 0 atom stereocenters. The lowest BCUT2D eigenvalue weighted by Crippen LogP contribution is -2.14. The van der Waals surface area contributed by atoms with Gasteiger partial charge in [-0.25, -0.2) is 4.98 Å². The maximum absolute atomic E-state index is 12.3. The van der Waals surface area contributed by atoms with Gasteiger partial charge in [0.05, 0.1) is 17.0 Å². The number of nitrogens with zero attached hydrogens (tertiary/aromatic N) is 1. The van der Waals surface area contributed by atoms with Crippen LogP contribution in [0.1, 0.15) is 5.56 Å². The lowest BCUT2D eigenvalue weighted by Gasteiger charge is -2.04. The van der Waals surface area contributed by atoms with E-state index in [-0.39, 0.29) is 5.91 Å². The first-order valence-corrected chi connectivity index (χ1v) is 9.31. The van der Waals surface area contributed by atoms with Gasteiger partial charge in [0.25, 0.3) is 0 Å². The summed E-state index contributed by atoms with van der Waals surface area (Å²) in [5.41, 5.74) is 1.91. The van der Waals surface area contributed by atoms with E-state index in [1.807, 2.05) is 41.1 Å². The van der Waals surface area contributed by atoms with E-state index in [0.717, 1.165) is 21.5 Å². The number of hydrogen-bond donors (Lipinski definition) is 1. The Hall–Kier alpha value is -2.50. The molecule has 0 aliphatic rings. The van der Waals surface area contributed by atoms with Gasteiger partial charge in [-0.1, -0.05) is 48.5 Å². The zero-order chi connectivity index (χ0) is 16.4. The quantitative estimate of drug-likeness (QED) is 0.549. The molecule has 0 saturated heterocycles. The molecule has 3 nitrogen and oxygen atoms in total. The standard InChI is InChI=1S/C19H14N2OS2/c22-18(11-13-7-8-14-4-1-2-5-15(14)10-13)21-19-20-16(12-24-19)17-6-3-9-23-17/h1-10,12H,11H2,(H,20,21,22). The van der Waals surface area contributed by atoms with E-state index in [1.54, 1.807) is 11.3 Å². The molecule has 0 radical (unpaired) electrons. The van der Waals surface area contributed by atoms with Crippen molar-refractivity contribution in [3.05, 3.63) is 70.9 Å². The van der Waals surface area contributed by atoms with Crippen molar-refractivity contribution in [3.8, 4) is 10.6 Å². The number of aromatic nitrogens is 1. The van der Waals surface area contributed by atoms with Crippen LogP contribution in [-0.2, 0) is 11.2 Å². The van der Waals surface area contributed by atoms with E-state index in [9.17, 15) is 4.79 Å². The molecule has 0 unspecified atom stereocenters. The van der Waals surface area contributed by atoms with Crippen LogP contribution in [0.4, 0.5) is 5.13 Å². The number of nitrogens with one attached hydrogen (secondary N) is 1. The van der Waals surface area contributed by atoms with Crippen LogP contribution in [0.3, 0.4) is 0 Å². The van der Waals surface area contributed by atoms with Crippen molar-refractivity contribution in [1.82, 2.24) is 4.98 Å². The van der Waals surface area contributed by atoms with Gasteiger partial charge >= 0.3 is 0 Å². The lowest BCUT2D eigenvalue weighted by atomic mass is 10.1. The second-order valence-electron chi connectivity index (χ2n) is 5.42. The summed E-state index contributed by atoms with van der Waals surface area (Å²) in [6, 6.07) is 18.3. The Bertz CT molecular complexity index is 989. The Morgan fingerprint density at radius 3 is 2.71 bits per heavy atom. The topological polar surface area (TPSA) is 42.0 Å². The van der Waals surface area contributed by atoms with Crippen LogP contribution in [0.25, 0.3) is 21.3 Å². The molecule has 0 aliphatic heterocycles. The first-order valence-electron chi connectivity index (χ1n) is 7.55. The molecule has 1 amide bonds. The Morgan fingerprint density at radius 2 is 1.88 bits per heavy atom. The molecule has 4 rings (SSSR count). The summed E-state index contributed by atoms with van der Waals surface area (Å²) in [7, 11) is 0. The Labute approximate surface area is 147 Å². The number of amides is 1. The summed E-state index contributed by atoms with van der Waals surface area (Å²) in [4.78, 5) is 17.9. The van der Waals surface area contributed by atoms with Crippen molar-refractivity contribution in [1.29, 1.82) is 0 Å². The largest absolute Gasteiger partial charge is 0.302 e. The highest BCUT2D eigenvalue weighted by molar-refractivity contribution is 7.16. The van der Waals surface area contributed by atoms with Crippen LogP contribution in [-0.4, -0.2) is 10.9 Å². The average molecular weight is 350 g/mol. The van der Waals surface area contributed by atoms with Gasteiger partial charge in [-0.15, -0.1) is 22.7 Å². The van der Waals surface area contributed by atoms with Crippen LogP contribution in [0.15, 0.2) is 65.4 Å². The summed E-state index contributed by atoms with van der Waals surface area (Å²) < 4.78 is 0. The third-order valence-electron chi connectivity index (χ3n) is 3.70. The third-order valence-corrected chi connectivity index (χ3v) is 5.35. The van der Waals surface area contributed by atoms with Gasteiger partial charge in [-0.2, -0.15) is 0 Å². The average Bonchev–Trinajstić information content (AvgIpc) is 3.26. The lowest BCUT2D eigenvalue weighted by molar-refractivity contribution is -0.115. The first kappa shape index (κ1) is 15.1. The zero-order valence-electron chi connectivity index (χ0n) is 12.7. The van der Waals surface area contributed by atoms with Crippen molar-refractivity contribution < 1.29 is 4.79 Å². The van der Waals surface area contributed by atoms with E-state index >= 15 is 0 Å². The van der Waals surface area contributed by atoms with Crippen LogP contribution < -0.4 is 5.32 Å². The van der Waals surface area contributed by atoms with Crippen LogP contribution in [0.5, 0.6) is 0 Å². The number of thiophene rings is 1. The number of carbonyl (C=O) groups is 1. The van der Waals surface area contributed by atoms with Crippen molar-refractivity contribution in [2.24, 2.45) is 0 Å². The summed E-state index contributed by atoms with van der Waals surface area (Å²) in [5.74, 6) is -0.0441. The second kappa shape index (κ2) is 6.55.